The van der Waals surface area contributed by atoms with Gasteiger partial charge >= 0.3 is 5.97 Å². The molecule has 0 spiro atoms. The van der Waals surface area contributed by atoms with Crippen LogP contribution in [0.3, 0.4) is 0 Å². The second-order valence-corrected chi connectivity index (χ2v) is 5.95. The van der Waals surface area contributed by atoms with E-state index in [1.165, 1.54) is 18.2 Å². The first-order valence-electron chi connectivity index (χ1n) is 6.39. The molecule has 1 aromatic rings. The van der Waals surface area contributed by atoms with E-state index in [0.29, 0.717) is 5.02 Å². The molecule has 1 N–H and O–H groups in total. The molecule has 1 fully saturated rings. The van der Waals surface area contributed by atoms with Gasteiger partial charge in [0.25, 0.3) is 0 Å². The molecule has 1 saturated heterocycles. The monoisotopic (exact) mass is 298 g/mol. The molecule has 0 aromatic heterocycles. The number of nitrogens with zero attached hydrogens (tertiary/aromatic N) is 1. The molecule has 1 aliphatic heterocycles. The first-order chi connectivity index (χ1) is 9.16. The summed E-state index contributed by atoms with van der Waals surface area (Å²) in [7, 11) is 0. The Kier molecular flexibility index (Phi) is 5.28. The van der Waals surface area contributed by atoms with Crippen LogP contribution in [0.1, 0.15) is 24.8 Å². The van der Waals surface area contributed by atoms with Crippen LogP contribution in [0.5, 0.6) is 0 Å². The van der Waals surface area contributed by atoms with Crippen molar-refractivity contribution in [3.8, 4) is 0 Å². The van der Waals surface area contributed by atoms with E-state index in [-0.39, 0.29) is 5.75 Å². The number of carboxylic acids is 1. The zero-order valence-electron chi connectivity index (χ0n) is 10.6. The third-order valence-electron chi connectivity index (χ3n) is 3.05. The van der Waals surface area contributed by atoms with Crippen molar-refractivity contribution in [2.45, 2.75) is 19.3 Å². The zero-order chi connectivity index (χ0) is 13.7. The summed E-state index contributed by atoms with van der Waals surface area (Å²) in [5, 5.41) is 10.6. The van der Waals surface area contributed by atoms with Crippen LogP contribution in [0, 0.1) is 0 Å². The van der Waals surface area contributed by atoms with Crippen LogP contribution in [0.15, 0.2) is 24.3 Å². The van der Waals surface area contributed by atoms with Crippen molar-refractivity contribution < 1.29 is 14.5 Å². The number of carboxylic acid groups (broad SMARTS) is 1. The van der Waals surface area contributed by atoms with E-state index < -0.39 is 5.97 Å². The van der Waals surface area contributed by atoms with Crippen molar-refractivity contribution in [2.24, 2.45) is 0 Å². The highest BCUT2D eigenvalue weighted by Crippen LogP contribution is 2.19. The lowest BCUT2D eigenvalue weighted by molar-refractivity contribution is -0.534. The Bertz CT molecular complexity index is 494. The Balaban J connectivity index is 2.30. The van der Waals surface area contributed by atoms with Gasteiger partial charge in [-0.2, -0.15) is 0 Å². The van der Waals surface area contributed by atoms with E-state index in [0.717, 1.165) is 36.5 Å². The number of aliphatic carboxylic acids is 1. The lowest BCUT2D eigenvalue weighted by atomic mass is 10.1. The first-order valence-corrected chi connectivity index (χ1v) is 7.75. The van der Waals surface area contributed by atoms with Gasteiger partial charge in [0, 0.05) is 17.9 Å². The molecule has 19 heavy (non-hydrogen) atoms. The predicted molar refractivity (Wildman–Crippen MR) is 79.5 cm³/mol. The minimum absolute atomic E-state index is 0.0817. The van der Waals surface area contributed by atoms with Gasteiger partial charge in [0.1, 0.15) is 18.8 Å². The van der Waals surface area contributed by atoms with E-state index in [1.807, 2.05) is 24.3 Å². The maximum Gasteiger partial charge on any atom is 0.314 e. The van der Waals surface area contributed by atoms with Gasteiger partial charge in [-0.05, 0) is 36.4 Å². The normalized spacial score (nSPS) is 15.3. The molecule has 3 nitrogen and oxygen atoms in total. The van der Waals surface area contributed by atoms with Crippen molar-refractivity contribution in [3.63, 3.8) is 0 Å². The van der Waals surface area contributed by atoms with Gasteiger partial charge in [-0.25, -0.2) is 4.58 Å². The highest BCUT2D eigenvalue weighted by molar-refractivity contribution is 8.14. The Morgan fingerprint density at radius 3 is 2.68 bits per heavy atom. The smallest absolute Gasteiger partial charge is 0.314 e. The lowest BCUT2D eigenvalue weighted by Gasteiger charge is -2.14. The molecule has 0 amide bonds. The zero-order valence-corrected chi connectivity index (χ0v) is 12.2. The third kappa shape index (κ3) is 4.25. The van der Waals surface area contributed by atoms with Crippen molar-refractivity contribution in [3.05, 3.63) is 34.9 Å². The van der Waals surface area contributed by atoms with E-state index in [9.17, 15) is 4.79 Å². The van der Waals surface area contributed by atoms with Gasteiger partial charge in [0.2, 0.25) is 5.04 Å². The topological polar surface area (TPSA) is 40.3 Å². The molecule has 0 saturated carbocycles. The van der Waals surface area contributed by atoms with Gasteiger partial charge in [0.05, 0.1) is 5.56 Å². The molecule has 2 rings (SSSR count). The summed E-state index contributed by atoms with van der Waals surface area (Å²) >= 11 is 7.42. The fourth-order valence-electron chi connectivity index (χ4n) is 2.21. The second kappa shape index (κ2) is 6.96. The van der Waals surface area contributed by atoms with Crippen LogP contribution in [-0.2, 0) is 4.79 Å². The number of benzene rings is 1. The molecule has 5 heteroatoms. The SMILES string of the molecule is O=C(O)CSC(c1cccc(Cl)c1)=[N+]1CCCCC1. The number of rotatable bonds is 3. The van der Waals surface area contributed by atoms with Crippen LogP contribution < -0.4 is 0 Å². The van der Waals surface area contributed by atoms with Crippen molar-refractivity contribution >= 4 is 34.4 Å². The highest BCUT2D eigenvalue weighted by atomic mass is 35.5. The van der Waals surface area contributed by atoms with Gasteiger partial charge in [-0.1, -0.05) is 17.7 Å². The number of carbonyl (C=O) groups is 1. The quantitative estimate of drug-likeness (QED) is 0.688. The molecule has 0 aliphatic carbocycles. The number of thioether (sulfide) groups is 1. The Morgan fingerprint density at radius 1 is 1.32 bits per heavy atom. The standard InChI is InChI=1S/C14H16ClNO2S/c15-12-6-4-5-11(9-12)14(19-10-13(17)18)16-7-2-1-3-8-16/h4-6,9H,1-3,7-8,10H2/p+1. The van der Waals surface area contributed by atoms with Gasteiger partial charge in [-0.15, -0.1) is 0 Å². The Morgan fingerprint density at radius 2 is 2.05 bits per heavy atom. The molecule has 0 atom stereocenters. The summed E-state index contributed by atoms with van der Waals surface area (Å²) in [5.41, 5.74) is 1.01. The molecule has 1 aliphatic rings. The number of piperidine rings is 1. The molecule has 0 unspecified atom stereocenters. The Labute approximate surface area is 122 Å². The number of hydrogen-bond acceptors (Lipinski definition) is 2. The van der Waals surface area contributed by atoms with E-state index >= 15 is 0 Å². The maximum atomic E-state index is 10.8. The van der Waals surface area contributed by atoms with Crippen LogP contribution in [0.25, 0.3) is 0 Å². The third-order valence-corrected chi connectivity index (χ3v) is 4.44. The summed E-state index contributed by atoms with van der Waals surface area (Å²) in [6.07, 6.45) is 3.58. The summed E-state index contributed by atoms with van der Waals surface area (Å²) in [6.45, 7) is 1.99. The Hall–Kier alpha value is -1.00. The summed E-state index contributed by atoms with van der Waals surface area (Å²) in [6, 6.07) is 7.63. The molecule has 1 aromatic carbocycles. The average Bonchev–Trinajstić information content (AvgIpc) is 2.40. The second-order valence-electron chi connectivity index (χ2n) is 4.55. The highest BCUT2D eigenvalue weighted by Gasteiger charge is 2.21. The molecule has 1 heterocycles. The minimum Gasteiger partial charge on any atom is -0.481 e. The van der Waals surface area contributed by atoms with Crippen LogP contribution in [-0.4, -0.2) is 39.5 Å². The number of hydrogen-bond donors (Lipinski definition) is 1. The van der Waals surface area contributed by atoms with E-state index in [4.69, 9.17) is 16.7 Å². The fourth-order valence-corrected chi connectivity index (χ4v) is 3.32. The predicted octanol–water partition coefficient (Wildman–Crippen LogP) is 3.10. The summed E-state index contributed by atoms with van der Waals surface area (Å²) in [5.74, 6) is -0.709. The van der Waals surface area contributed by atoms with E-state index in [1.54, 1.807) is 0 Å². The largest absolute Gasteiger partial charge is 0.481 e. The molecule has 0 bridgehead atoms. The molecular formula is C14H17ClNO2S+. The van der Waals surface area contributed by atoms with Crippen molar-refractivity contribution in [1.29, 1.82) is 0 Å². The van der Waals surface area contributed by atoms with Crippen LogP contribution >= 0.6 is 23.4 Å². The van der Waals surface area contributed by atoms with Gasteiger partial charge in [0.15, 0.2) is 0 Å². The number of halogens is 1. The lowest BCUT2D eigenvalue weighted by Crippen LogP contribution is -2.27. The van der Waals surface area contributed by atoms with E-state index in [2.05, 4.69) is 4.58 Å². The maximum absolute atomic E-state index is 10.8. The molecule has 102 valence electrons. The first kappa shape index (κ1) is 14.4. The summed E-state index contributed by atoms with van der Waals surface area (Å²) in [4.78, 5) is 10.8. The van der Waals surface area contributed by atoms with Crippen molar-refractivity contribution in [1.82, 2.24) is 0 Å². The fraction of sp³-hybridized carbons (Fsp3) is 0.429. The average molecular weight is 299 g/mol. The van der Waals surface area contributed by atoms with Gasteiger partial charge < -0.3 is 5.11 Å². The van der Waals surface area contributed by atoms with Gasteiger partial charge in [-0.3, -0.25) is 4.79 Å². The van der Waals surface area contributed by atoms with Crippen LogP contribution in [0.2, 0.25) is 5.02 Å². The molecular weight excluding hydrogens is 282 g/mol. The van der Waals surface area contributed by atoms with Crippen LogP contribution in [0.4, 0.5) is 0 Å². The molecule has 0 radical (unpaired) electrons. The minimum atomic E-state index is -0.790. The van der Waals surface area contributed by atoms with Crippen molar-refractivity contribution in [2.75, 3.05) is 18.8 Å². The summed E-state index contributed by atoms with van der Waals surface area (Å²) < 4.78 is 2.28.